The molecule has 1 heterocycles. The Hall–Kier alpha value is -3.00. The lowest BCUT2D eigenvalue weighted by Gasteiger charge is -2.21. The molecule has 0 bridgehead atoms. The van der Waals surface area contributed by atoms with E-state index >= 15 is 0 Å². The fourth-order valence-electron chi connectivity index (χ4n) is 3.23. The molecular weight excluding hydrogens is 383 g/mol. The third kappa shape index (κ3) is 4.28. The number of rotatable bonds is 5. The Morgan fingerprint density at radius 1 is 1.21 bits per heavy atom. The summed E-state index contributed by atoms with van der Waals surface area (Å²) in [4.78, 5) is 15.7. The quantitative estimate of drug-likeness (QED) is 0.674. The van der Waals surface area contributed by atoms with Gasteiger partial charge in [0.2, 0.25) is 0 Å². The molecule has 3 aromatic rings. The minimum atomic E-state index is -3.46. The molecule has 28 heavy (non-hydrogen) atoms. The number of halogens is 1. The number of pyridine rings is 1. The predicted molar refractivity (Wildman–Crippen MR) is 105 cm³/mol. The van der Waals surface area contributed by atoms with E-state index in [1.54, 1.807) is 31.2 Å². The standard InChI is InChI=1S/C20H19FN2O4S/c1-12(22-20(24)25)19-18(13-6-4-3-5-7-13)16(11-28(2,26)27)15-10-14(21)8-9-17(15)23-19/h3-10,12,22H,11H2,1-2H3,(H,24,25). The molecule has 2 N–H and O–H groups in total. The van der Waals surface area contributed by atoms with Crippen molar-refractivity contribution in [2.45, 2.75) is 18.7 Å². The summed E-state index contributed by atoms with van der Waals surface area (Å²) in [5.74, 6) is -0.834. The third-order valence-electron chi connectivity index (χ3n) is 4.30. The van der Waals surface area contributed by atoms with Crippen molar-refractivity contribution >= 4 is 26.8 Å². The summed E-state index contributed by atoms with van der Waals surface area (Å²) in [5.41, 5.74) is 2.34. The van der Waals surface area contributed by atoms with Crippen molar-refractivity contribution in [1.82, 2.24) is 10.3 Å². The lowest BCUT2D eigenvalue weighted by molar-refractivity contribution is 0.190. The summed E-state index contributed by atoms with van der Waals surface area (Å²) < 4.78 is 38.2. The number of hydrogen-bond acceptors (Lipinski definition) is 4. The fraction of sp³-hybridized carbons (Fsp3) is 0.200. The van der Waals surface area contributed by atoms with Crippen LogP contribution in [0.2, 0.25) is 0 Å². The van der Waals surface area contributed by atoms with E-state index in [1.165, 1.54) is 18.2 Å². The summed E-state index contributed by atoms with van der Waals surface area (Å²) in [5, 5.41) is 11.9. The number of carbonyl (C=O) groups is 1. The highest BCUT2D eigenvalue weighted by molar-refractivity contribution is 7.89. The van der Waals surface area contributed by atoms with Crippen LogP contribution in [0, 0.1) is 5.82 Å². The topological polar surface area (TPSA) is 96.4 Å². The van der Waals surface area contributed by atoms with Crippen LogP contribution in [-0.2, 0) is 15.6 Å². The number of nitrogens with zero attached hydrogens (tertiary/aromatic N) is 1. The Kier molecular flexibility index (Phi) is 5.33. The molecule has 3 rings (SSSR count). The zero-order valence-corrected chi connectivity index (χ0v) is 16.1. The van der Waals surface area contributed by atoms with Crippen LogP contribution in [0.25, 0.3) is 22.0 Å². The van der Waals surface area contributed by atoms with E-state index in [-0.39, 0.29) is 5.75 Å². The number of nitrogens with one attached hydrogen (secondary N) is 1. The zero-order chi connectivity index (χ0) is 20.5. The van der Waals surface area contributed by atoms with Crippen LogP contribution in [0.1, 0.15) is 24.2 Å². The summed E-state index contributed by atoms with van der Waals surface area (Å²) in [6, 6.07) is 12.2. The predicted octanol–water partition coefficient (Wildman–Crippen LogP) is 3.91. The smallest absolute Gasteiger partial charge is 0.405 e. The highest BCUT2D eigenvalue weighted by Crippen LogP contribution is 2.36. The average molecular weight is 402 g/mol. The molecule has 0 saturated heterocycles. The van der Waals surface area contributed by atoms with Gasteiger partial charge in [0.05, 0.1) is 23.0 Å². The fourth-order valence-corrected chi connectivity index (χ4v) is 4.05. The molecule has 1 amide bonds. The minimum Gasteiger partial charge on any atom is -0.465 e. The number of carboxylic acid groups (broad SMARTS) is 1. The van der Waals surface area contributed by atoms with E-state index in [2.05, 4.69) is 10.3 Å². The Morgan fingerprint density at radius 3 is 2.50 bits per heavy atom. The molecule has 2 aromatic carbocycles. The SMILES string of the molecule is CC(NC(=O)O)c1nc2ccc(F)cc2c(CS(C)(=O)=O)c1-c1ccccc1. The van der Waals surface area contributed by atoms with Crippen LogP contribution in [0.5, 0.6) is 0 Å². The Bertz CT molecular complexity index is 1150. The molecule has 146 valence electrons. The number of amides is 1. The van der Waals surface area contributed by atoms with Gasteiger partial charge in [-0.1, -0.05) is 30.3 Å². The molecule has 1 aromatic heterocycles. The van der Waals surface area contributed by atoms with Crippen LogP contribution < -0.4 is 5.32 Å². The maximum atomic E-state index is 13.9. The number of fused-ring (bicyclic) bond motifs is 1. The van der Waals surface area contributed by atoms with Gasteiger partial charge in [0.15, 0.2) is 9.84 Å². The second-order valence-corrected chi connectivity index (χ2v) is 8.76. The van der Waals surface area contributed by atoms with Gasteiger partial charge in [0, 0.05) is 17.2 Å². The molecule has 0 spiro atoms. The Labute approximate surface area is 162 Å². The first-order valence-electron chi connectivity index (χ1n) is 8.50. The number of hydrogen-bond donors (Lipinski definition) is 2. The summed E-state index contributed by atoms with van der Waals surface area (Å²) >= 11 is 0. The van der Waals surface area contributed by atoms with Gasteiger partial charge in [-0.25, -0.2) is 22.6 Å². The van der Waals surface area contributed by atoms with Crippen LogP contribution in [-0.4, -0.2) is 30.9 Å². The molecule has 0 fully saturated rings. The van der Waals surface area contributed by atoms with E-state index in [9.17, 15) is 17.6 Å². The molecular formula is C20H19FN2O4S. The van der Waals surface area contributed by atoms with Crippen LogP contribution in [0.15, 0.2) is 48.5 Å². The molecule has 1 unspecified atom stereocenters. The van der Waals surface area contributed by atoms with Crippen LogP contribution in [0.4, 0.5) is 9.18 Å². The van der Waals surface area contributed by atoms with Gasteiger partial charge in [-0.15, -0.1) is 0 Å². The van der Waals surface area contributed by atoms with Crippen molar-refractivity contribution in [2.75, 3.05) is 6.26 Å². The van der Waals surface area contributed by atoms with Gasteiger partial charge in [-0.3, -0.25) is 0 Å². The van der Waals surface area contributed by atoms with Gasteiger partial charge in [-0.2, -0.15) is 0 Å². The highest BCUT2D eigenvalue weighted by atomic mass is 32.2. The monoisotopic (exact) mass is 402 g/mol. The molecule has 6 nitrogen and oxygen atoms in total. The van der Waals surface area contributed by atoms with Crippen molar-refractivity contribution in [3.05, 3.63) is 65.6 Å². The molecule has 0 aliphatic heterocycles. The number of sulfone groups is 1. The van der Waals surface area contributed by atoms with Gasteiger partial charge in [0.25, 0.3) is 0 Å². The van der Waals surface area contributed by atoms with Gasteiger partial charge >= 0.3 is 6.09 Å². The maximum Gasteiger partial charge on any atom is 0.405 e. The van der Waals surface area contributed by atoms with Gasteiger partial charge < -0.3 is 10.4 Å². The van der Waals surface area contributed by atoms with Crippen LogP contribution >= 0.6 is 0 Å². The van der Waals surface area contributed by atoms with Gasteiger partial charge in [-0.05, 0) is 36.2 Å². The van der Waals surface area contributed by atoms with Crippen molar-refractivity contribution in [3.63, 3.8) is 0 Å². The first-order chi connectivity index (χ1) is 13.2. The maximum absolute atomic E-state index is 13.9. The highest BCUT2D eigenvalue weighted by Gasteiger charge is 2.24. The van der Waals surface area contributed by atoms with E-state index in [0.717, 1.165) is 6.26 Å². The molecule has 8 heteroatoms. The number of benzene rings is 2. The van der Waals surface area contributed by atoms with E-state index in [0.29, 0.717) is 33.3 Å². The zero-order valence-electron chi connectivity index (χ0n) is 15.3. The van der Waals surface area contributed by atoms with E-state index in [4.69, 9.17) is 5.11 Å². The molecule has 0 aliphatic rings. The summed E-state index contributed by atoms with van der Waals surface area (Å²) in [6.45, 7) is 1.63. The Morgan fingerprint density at radius 2 is 1.89 bits per heavy atom. The van der Waals surface area contributed by atoms with Crippen molar-refractivity contribution in [2.24, 2.45) is 0 Å². The molecule has 0 radical (unpaired) electrons. The first kappa shape index (κ1) is 19.8. The van der Waals surface area contributed by atoms with E-state index in [1.807, 2.05) is 6.07 Å². The molecule has 1 atom stereocenters. The first-order valence-corrected chi connectivity index (χ1v) is 10.6. The summed E-state index contributed by atoms with van der Waals surface area (Å²) in [6.07, 6.45) is -0.122. The normalized spacial score (nSPS) is 12.7. The minimum absolute atomic E-state index is 0.327. The van der Waals surface area contributed by atoms with Crippen molar-refractivity contribution in [1.29, 1.82) is 0 Å². The lowest BCUT2D eigenvalue weighted by Crippen LogP contribution is -2.26. The summed E-state index contributed by atoms with van der Waals surface area (Å²) in [7, 11) is -3.46. The number of aromatic nitrogens is 1. The molecule has 0 aliphatic carbocycles. The third-order valence-corrected chi connectivity index (χ3v) is 5.11. The Balaban J connectivity index is 2.43. The van der Waals surface area contributed by atoms with Crippen molar-refractivity contribution < 1.29 is 22.7 Å². The van der Waals surface area contributed by atoms with E-state index < -0.39 is 27.8 Å². The second-order valence-electron chi connectivity index (χ2n) is 6.62. The van der Waals surface area contributed by atoms with Crippen molar-refractivity contribution in [3.8, 4) is 11.1 Å². The lowest BCUT2D eigenvalue weighted by atomic mass is 9.93. The van der Waals surface area contributed by atoms with Crippen LogP contribution in [0.3, 0.4) is 0 Å². The second kappa shape index (κ2) is 7.55. The average Bonchev–Trinajstić information content (AvgIpc) is 2.60. The largest absolute Gasteiger partial charge is 0.465 e. The van der Waals surface area contributed by atoms with Gasteiger partial charge in [0.1, 0.15) is 5.82 Å². The molecule has 0 saturated carbocycles.